The maximum absolute atomic E-state index is 11.1. The fourth-order valence-electron chi connectivity index (χ4n) is 1.16. The van der Waals surface area contributed by atoms with Gasteiger partial charge in [0.05, 0.1) is 12.7 Å². The molecule has 0 aromatic rings. The van der Waals surface area contributed by atoms with Crippen molar-refractivity contribution in [1.29, 1.82) is 0 Å². The zero-order chi connectivity index (χ0) is 10.8. The molecule has 84 valence electrons. The number of hydrogen-bond donors (Lipinski definition) is 1. The Balaban J connectivity index is 3.34. The summed E-state index contributed by atoms with van der Waals surface area (Å²) >= 11 is 0. The highest BCUT2D eigenvalue weighted by Crippen LogP contribution is 2.05. The van der Waals surface area contributed by atoms with Crippen LogP contribution in [0.3, 0.4) is 0 Å². The topological polar surface area (TPSA) is 46.5 Å². The van der Waals surface area contributed by atoms with Crippen molar-refractivity contribution in [1.82, 2.24) is 0 Å². The highest BCUT2D eigenvalue weighted by atomic mass is 16.5. The third-order valence-corrected chi connectivity index (χ3v) is 2.06. The number of rotatable bonds is 8. The van der Waals surface area contributed by atoms with Gasteiger partial charge < -0.3 is 9.84 Å². The Hall–Kier alpha value is -0.570. The van der Waals surface area contributed by atoms with Crippen LogP contribution in [0.1, 0.15) is 52.4 Å². The minimum Gasteiger partial charge on any atom is -0.466 e. The number of unbranched alkanes of at least 4 members (excludes halogenated alkanes) is 1. The van der Waals surface area contributed by atoms with E-state index < -0.39 is 0 Å². The maximum atomic E-state index is 11.1. The fraction of sp³-hybridized carbons (Fsp3) is 0.909. The SMILES string of the molecule is CCCCOC(=O)CCC(O)CCC. The molecule has 1 N–H and O–H groups in total. The van der Waals surface area contributed by atoms with Gasteiger partial charge >= 0.3 is 5.97 Å². The van der Waals surface area contributed by atoms with E-state index in [0.717, 1.165) is 25.7 Å². The molecule has 0 saturated heterocycles. The molecular formula is C11H22O3. The van der Waals surface area contributed by atoms with Crippen LogP contribution in [0, 0.1) is 0 Å². The first-order valence-electron chi connectivity index (χ1n) is 5.54. The third kappa shape index (κ3) is 8.05. The summed E-state index contributed by atoms with van der Waals surface area (Å²) in [6.45, 7) is 4.58. The van der Waals surface area contributed by atoms with E-state index in [0.29, 0.717) is 19.4 Å². The number of esters is 1. The zero-order valence-electron chi connectivity index (χ0n) is 9.29. The largest absolute Gasteiger partial charge is 0.466 e. The lowest BCUT2D eigenvalue weighted by Gasteiger charge is -2.08. The Labute approximate surface area is 86.5 Å². The van der Waals surface area contributed by atoms with Crippen molar-refractivity contribution >= 4 is 5.97 Å². The highest BCUT2D eigenvalue weighted by Gasteiger charge is 2.07. The lowest BCUT2D eigenvalue weighted by Crippen LogP contribution is -2.11. The lowest BCUT2D eigenvalue weighted by molar-refractivity contribution is -0.144. The standard InChI is InChI=1S/C11H22O3/c1-3-5-9-14-11(13)8-7-10(12)6-4-2/h10,12H,3-9H2,1-2H3. The Morgan fingerprint density at radius 1 is 1.29 bits per heavy atom. The molecule has 0 aliphatic carbocycles. The number of hydrogen-bond acceptors (Lipinski definition) is 3. The van der Waals surface area contributed by atoms with Gasteiger partial charge in [0.15, 0.2) is 0 Å². The minimum atomic E-state index is -0.348. The molecule has 0 heterocycles. The summed E-state index contributed by atoms with van der Waals surface area (Å²) < 4.78 is 4.96. The molecule has 1 atom stereocenters. The molecule has 14 heavy (non-hydrogen) atoms. The summed E-state index contributed by atoms with van der Waals surface area (Å²) in [6, 6.07) is 0. The van der Waals surface area contributed by atoms with Crippen molar-refractivity contribution in [3.05, 3.63) is 0 Å². The monoisotopic (exact) mass is 202 g/mol. The molecule has 0 saturated carbocycles. The van der Waals surface area contributed by atoms with Crippen LogP contribution in [0.15, 0.2) is 0 Å². The van der Waals surface area contributed by atoms with Crippen LogP contribution in [-0.4, -0.2) is 23.8 Å². The van der Waals surface area contributed by atoms with E-state index in [1.54, 1.807) is 0 Å². The number of aliphatic hydroxyl groups excluding tert-OH is 1. The first-order chi connectivity index (χ1) is 6.70. The lowest BCUT2D eigenvalue weighted by atomic mass is 10.1. The Morgan fingerprint density at radius 3 is 2.57 bits per heavy atom. The van der Waals surface area contributed by atoms with E-state index in [9.17, 15) is 9.90 Å². The average molecular weight is 202 g/mol. The van der Waals surface area contributed by atoms with Crippen molar-refractivity contribution in [2.45, 2.75) is 58.5 Å². The van der Waals surface area contributed by atoms with Crippen molar-refractivity contribution in [3.63, 3.8) is 0 Å². The third-order valence-electron chi connectivity index (χ3n) is 2.06. The summed E-state index contributed by atoms with van der Waals surface area (Å²) in [4.78, 5) is 11.1. The van der Waals surface area contributed by atoms with E-state index in [1.165, 1.54) is 0 Å². The average Bonchev–Trinajstić information content (AvgIpc) is 2.16. The molecule has 0 rings (SSSR count). The van der Waals surface area contributed by atoms with Crippen molar-refractivity contribution in [2.75, 3.05) is 6.61 Å². The van der Waals surface area contributed by atoms with Crippen molar-refractivity contribution < 1.29 is 14.6 Å². The summed E-state index contributed by atoms with van der Waals surface area (Å²) in [5.41, 5.74) is 0. The summed E-state index contributed by atoms with van der Waals surface area (Å²) in [5, 5.41) is 9.36. The van der Waals surface area contributed by atoms with Crippen molar-refractivity contribution in [3.8, 4) is 0 Å². The Bertz CT molecular complexity index is 145. The number of carbonyl (C=O) groups excluding carboxylic acids is 1. The Morgan fingerprint density at radius 2 is 2.00 bits per heavy atom. The van der Waals surface area contributed by atoms with Gasteiger partial charge in [-0.25, -0.2) is 0 Å². The van der Waals surface area contributed by atoms with Gasteiger partial charge in [-0.1, -0.05) is 26.7 Å². The van der Waals surface area contributed by atoms with Gasteiger partial charge in [0, 0.05) is 6.42 Å². The van der Waals surface area contributed by atoms with E-state index in [-0.39, 0.29) is 12.1 Å². The summed E-state index contributed by atoms with van der Waals surface area (Å²) in [6.07, 6.45) is 4.19. The number of carbonyl (C=O) groups is 1. The highest BCUT2D eigenvalue weighted by molar-refractivity contribution is 5.69. The molecule has 3 nitrogen and oxygen atoms in total. The number of ether oxygens (including phenoxy) is 1. The molecule has 1 unspecified atom stereocenters. The van der Waals surface area contributed by atoms with Crippen LogP contribution in [0.2, 0.25) is 0 Å². The van der Waals surface area contributed by atoms with Crippen molar-refractivity contribution in [2.24, 2.45) is 0 Å². The molecule has 0 aliphatic heterocycles. The normalized spacial score (nSPS) is 12.5. The first-order valence-corrected chi connectivity index (χ1v) is 5.54. The first kappa shape index (κ1) is 13.4. The molecule has 0 spiro atoms. The molecular weight excluding hydrogens is 180 g/mol. The number of aliphatic hydroxyl groups is 1. The van der Waals surface area contributed by atoms with Crippen LogP contribution >= 0.6 is 0 Å². The van der Waals surface area contributed by atoms with Gasteiger partial charge in [-0.2, -0.15) is 0 Å². The van der Waals surface area contributed by atoms with Crippen LogP contribution in [-0.2, 0) is 9.53 Å². The van der Waals surface area contributed by atoms with E-state index in [4.69, 9.17) is 4.74 Å². The predicted molar refractivity (Wildman–Crippen MR) is 56.0 cm³/mol. The molecule has 0 aromatic carbocycles. The molecule has 3 heteroatoms. The van der Waals surface area contributed by atoms with Crippen LogP contribution in [0.4, 0.5) is 0 Å². The van der Waals surface area contributed by atoms with E-state index in [2.05, 4.69) is 6.92 Å². The second kappa shape index (κ2) is 9.00. The zero-order valence-corrected chi connectivity index (χ0v) is 9.29. The van der Waals surface area contributed by atoms with Gasteiger partial charge in [-0.15, -0.1) is 0 Å². The molecule has 0 aliphatic rings. The molecule has 0 radical (unpaired) electrons. The van der Waals surface area contributed by atoms with E-state index >= 15 is 0 Å². The Kier molecular flexibility index (Phi) is 8.64. The van der Waals surface area contributed by atoms with Crippen LogP contribution < -0.4 is 0 Å². The molecule has 0 amide bonds. The maximum Gasteiger partial charge on any atom is 0.305 e. The van der Waals surface area contributed by atoms with Gasteiger partial charge in [0.25, 0.3) is 0 Å². The van der Waals surface area contributed by atoms with Crippen LogP contribution in [0.5, 0.6) is 0 Å². The summed E-state index contributed by atoms with van der Waals surface area (Å²) in [5.74, 6) is -0.186. The van der Waals surface area contributed by atoms with E-state index in [1.807, 2.05) is 6.92 Å². The van der Waals surface area contributed by atoms with Gasteiger partial charge in [-0.3, -0.25) is 4.79 Å². The minimum absolute atomic E-state index is 0.186. The predicted octanol–water partition coefficient (Wildman–Crippen LogP) is 2.27. The molecule has 0 bridgehead atoms. The van der Waals surface area contributed by atoms with Gasteiger partial charge in [0.1, 0.15) is 0 Å². The quantitative estimate of drug-likeness (QED) is 0.485. The molecule has 0 fully saturated rings. The fourth-order valence-corrected chi connectivity index (χ4v) is 1.16. The molecule has 0 aromatic heterocycles. The van der Waals surface area contributed by atoms with Gasteiger partial charge in [0.2, 0.25) is 0 Å². The smallest absolute Gasteiger partial charge is 0.305 e. The van der Waals surface area contributed by atoms with Gasteiger partial charge in [-0.05, 0) is 19.3 Å². The second-order valence-corrected chi connectivity index (χ2v) is 3.56. The second-order valence-electron chi connectivity index (χ2n) is 3.56. The van der Waals surface area contributed by atoms with Crippen LogP contribution in [0.25, 0.3) is 0 Å². The summed E-state index contributed by atoms with van der Waals surface area (Å²) in [7, 11) is 0.